The van der Waals surface area contributed by atoms with Crippen LogP contribution in [0.5, 0.6) is 0 Å². The van der Waals surface area contributed by atoms with E-state index in [1.165, 1.54) is 38.5 Å². The van der Waals surface area contributed by atoms with E-state index < -0.39 is 41.3 Å². The van der Waals surface area contributed by atoms with Gasteiger partial charge >= 0.3 is 12.1 Å². The Morgan fingerprint density at radius 2 is 1.37 bits per heavy atom. The lowest BCUT2D eigenvalue weighted by Crippen LogP contribution is -2.60. The number of carbonyl (C=O) groups excluding carboxylic acids is 2. The van der Waals surface area contributed by atoms with Crippen LogP contribution in [0, 0.1) is 0 Å². The van der Waals surface area contributed by atoms with Crippen molar-refractivity contribution >= 4 is 47.5 Å². The molecule has 0 heterocycles. The molecule has 208 valence electrons. The van der Waals surface area contributed by atoms with Crippen LogP contribution in [0.25, 0.3) is 0 Å². The SMILES string of the molecule is [B]C([B])([B])N(CC(=O)O)C(=NC(=O)OC(C)(C)C)NC(=O)CCCCCCC/C=C\CCCCCCCC. The maximum atomic E-state index is 12.5. The number of hydrogen-bond donors (Lipinski definition) is 2. The number of aliphatic imine (C=N–C) groups is 1. The summed E-state index contributed by atoms with van der Waals surface area (Å²) in [5, 5.41) is 9.43. The zero-order chi connectivity index (χ0) is 29.0. The van der Waals surface area contributed by atoms with Crippen molar-refractivity contribution in [2.45, 2.75) is 128 Å². The van der Waals surface area contributed by atoms with Gasteiger partial charge in [-0.2, -0.15) is 0 Å². The largest absolute Gasteiger partial charge is 0.480 e. The zero-order valence-electron chi connectivity index (χ0n) is 24.0. The van der Waals surface area contributed by atoms with E-state index in [9.17, 15) is 19.5 Å². The third-order valence-electron chi connectivity index (χ3n) is 5.52. The predicted octanol–water partition coefficient (Wildman–Crippen LogP) is 4.93. The second kappa shape index (κ2) is 19.8. The van der Waals surface area contributed by atoms with Crippen LogP contribution in [0.4, 0.5) is 4.79 Å². The molecule has 0 unspecified atom stereocenters. The van der Waals surface area contributed by atoms with E-state index in [1.54, 1.807) is 20.8 Å². The molecule has 0 fully saturated rings. The lowest BCUT2D eigenvalue weighted by molar-refractivity contribution is -0.137. The van der Waals surface area contributed by atoms with Gasteiger partial charge in [0.15, 0.2) is 0 Å². The van der Waals surface area contributed by atoms with Crippen LogP contribution >= 0.6 is 0 Å². The first kappa shape index (κ1) is 35.8. The average molecular weight is 525 g/mol. The fourth-order valence-corrected chi connectivity index (χ4v) is 3.60. The number of guanidine groups is 1. The number of carbonyl (C=O) groups is 3. The van der Waals surface area contributed by atoms with Crippen molar-refractivity contribution in [1.82, 2.24) is 10.2 Å². The number of hydrogen-bond acceptors (Lipinski definition) is 4. The fraction of sp³-hybridized carbons (Fsp3) is 0.778. The van der Waals surface area contributed by atoms with Gasteiger partial charge in [-0.25, -0.2) is 4.79 Å². The van der Waals surface area contributed by atoms with Crippen LogP contribution in [-0.2, 0) is 14.3 Å². The van der Waals surface area contributed by atoms with E-state index in [1.807, 2.05) is 0 Å². The number of carboxylic acids is 1. The highest BCUT2D eigenvalue weighted by molar-refractivity contribution is 6.60. The van der Waals surface area contributed by atoms with Gasteiger partial charge in [0, 0.05) is 6.42 Å². The summed E-state index contributed by atoms with van der Waals surface area (Å²) < 4.78 is 5.13. The molecule has 0 saturated heterocycles. The van der Waals surface area contributed by atoms with Crippen LogP contribution in [-0.4, -0.2) is 74.9 Å². The first-order valence-corrected chi connectivity index (χ1v) is 13.9. The van der Waals surface area contributed by atoms with Crippen molar-refractivity contribution in [3.63, 3.8) is 0 Å². The smallest absolute Gasteiger partial charge is 0.437 e. The Hall–Kier alpha value is -2.19. The number of carboxylic acid groups (broad SMARTS) is 1. The molecule has 0 aromatic rings. The molecule has 0 aliphatic heterocycles. The topological polar surface area (TPSA) is 108 Å². The minimum Gasteiger partial charge on any atom is -0.480 e. The molecule has 0 aliphatic carbocycles. The minimum atomic E-state index is -2.20. The van der Waals surface area contributed by atoms with Gasteiger partial charge in [0.1, 0.15) is 12.1 Å². The molecule has 8 nitrogen and oxygen atoms in total. The average Bonchev–Trinajstić information content (AvgIpc) is 2.77. The number of aliphatic carboxylic acids is 1. The Balaban J connectivity index is 4.52. The van der Waals surface area contributed by atoms with Gasteiger partial charge in [0.25, 0.3) is 0 Å². The second-order valence-electron chi connectivity index (χ2n) is 10.7. The molecule has 6 radical (unpaired) electrons. The number of rotatable bonds is 18. The molecule has 0 aliphatic rings. The molecule has 0 rings (SSSR count). The van der Waals surface area contributed by atoms with Crippen molar-refractivity contribution in [3.8, 4) is 0 Å². The van der Waals surface area contributed by atoms with Gasteiger partial charge in [-0.05, 0) is 52.9 Å². The van der Waals surface area contributed by atoms with E-state index in [4.69, 9.17) is 28.3 Å². The number of amides is 2. The molecule has 11 heteroatoms. The van der Waals surface area contributed by atoms with Gasteiger partial charge in [-0.15, -0.1) is 4.99 Å². The van der Waals surface area contributed by atoms with Crippen molar-refractivity contribution in [1.29, 1.82) is 0 Å². The van der Waals surface area contributed by atoms with Crippen LogP contribution in [0.15, 0.2) is 17.1 Å². The zero-order valence-corrected chi connectivity index (χ0v) is 24.0. The molecule has 0 atom stereocenters. The first-order chi connectivity index (χ1) is 17.8. The van der Waals surface area contributed by atoms with E-state index in [0.717, 1.165) is 43.4 Å². The lowest BCUT2D eigenvalue weighted by Gasteiger charge is -2.38. The molecule has 0 aromatic carbocycles. The fourth-order valence-electron chi connectivity index (χ4n) is 3.60. The summed E-state index contributed by atoms with van der Waals surface area (Å²) in [4.78, 5) is 40.4. The van der Waals surface area contributed by atoms with E-state index in [0.29, 0.717) is 6.42 Å². The highest BCUT2D eigenvalue weighted by Gasteiger charge is 2.28. The second-order valence-corrected chi connectivity index (χ2v) is 10.7. The summed E-state index contributed by atoms with van der Waals surface area (Å²) in [6.45, 7) is 6.36. The summed E-state index contributed by atoms with van der Waals surface area (Å²) in [6.07, 6.45) is 18.4. The number of nitrogens with zero attached hydrogens (tertiary/aromatic N) is 2. The van der Waals surface area contributed by atoms with E-state index >= 15 is 0 Å². The van der Waals surface area contributed by atoms with Gasteiger partial charge in [-0.1, -0.05) is 75.7 Å². The number of nitrogens with one attached hydrogen (secondary N) is 1. The molecule has 2 amide bonds. The summed E-state index contributed by atoms with van der Waals surface area (Å²) in [7, 11) is 17.0. The van der Waals surface area contributed by atoms with Crippen LogP contribution < -0.4 is 5.32 Å². The molecule has 38 heavy (non-hydrogen) atoms. The Bertz CT molecular complexity index is 762. The molecular formula is C27H46B3N3O5. The Kier molecular flexibility index (Phi) is 18.7. The summed E-state index contributed by atoms with van der Waals surface area (Å²) in [5.74, 6) is -2.28. The molecule has 2 N–H and O–H groups in total. The van der Waals surface area contributed by atoms with E-state index in [-0.39, 0.29) is 6.42 Å². The maximum Gasteiger partial charge on any atom is 0.437 e. The lowest BCUT2D eigenvalue weighted by atomic mass is 9.48. The van der Waals surface area contributed by atoms with Crippen LogP contribution in [0.1, 0.15) is 118 Å². The highest BCUT2D eigenvalue weighted by atomic mass is 16.6. The first-order valence-electron chi connectivity index (χ1n) is 13.9. The minimum absolute atomic E-state index is 0.152. The van der Waals surface area contributed by atoms with Crippen LogP contribution in [0.2, 0.25) is 0 Å². The van der Waals surface area contributed by atoms with Gasteiger partial charge < -0.3 is 14.7 Å². The summed E-state index contributed by atoms with van der Waals surface area (Å²) >= 11 is 0. The molecular weight excluding hydrogens is 479 g/mol. The van der Waals surface area contributed by atoms with E-state index in [2.05, 4.69) is 29.4 Å². The normalized spacial score (nSPS) is 12.5. The Morgan fingerprint density at radius 1 is 0.868 bits per heavy atom. The molecule has 0 saturated carbocycles. The highest BCUT2D eigenvalue weighted by Crippen LogP contribution is 2.12. The summed E-state index contributed by atoms with van der Waals surface area (Å²) in [5.41, 5.74) is -0.859. The maximum absolute atomic E-state index is 12.5. The molecule has 0 bridgehead atoms. The van der Waals surface area contributed by atoms with Crippen molar-refractivity contribution in [3.05, 3.63) is 12.2 Å². The monoisotopic (exact) mass is 525 g/mol. The van der Waals surface area contributed by atoms with Crippen molar-refractivity contribution < 1.29 is 24.2 Å². The summed E-state index contributed by atoms with van der Waals surface area (Å²) in [6, 6.07) is 0. The van der Waals surface area contributed by atoms with Crippen molar-refractivity contribution in [2.24, 2.45) is 4.99 Å². The predicted molar refractivity (Wildman–Crippen MR) is 156 cm³/mol. The molecule has 0 spiro atoms. The standard InChI is InChI=1S/C27H46B3N3O5/c1-5-6-7-8-9-10-11-12-13-14-15-16-17-18-19-20-22(34)31-24(32-25(37)38-26(2,3)4)33(21-23(35)36)27(28,29)30/h12-13H,5-11,14-21H2,1-4H3,(H,35,36)(H,31,32,34,37)/b13-12-. The quantitative estimate of drug-likeness (QED) is 0.0864. The Labute approximate surface area is 234 Å². The molecule has 0 aromatic heterocycles. The van der Waals surface area contributed by atoms with Crippen LogP contribution in [0.3, 0.4) is 0 Å². The third-order valence-corrected chi connectivity index (χ3v) is 5.52. The number of allylic oxidation sites excluding steroid dienone is 2. The number of unbranched alkanes of at least 4 members (excludes halogenated alkanes) is 11. The van der Waals surface area contributed by atoms with Gasteiger partial charge in [0.05, 0.1) is 23.5 Å². The third kappa shape index (κ3) is 20.8. The van der Waals surface area contributed by atoms with Gasteiger partial charge in [-0.3, -0.25) is 14.9 Å². The van der Waals surface area contributed by atoms with Crippen molar-refractivity contribution in [2.75, 3.05) is 6.54 Å². The van der Waals surface area contributed by atoms with Gasteiger partial charge in [0.2, 0.25) is 11.9 Å². The number of ether oxygens (including phenoxy) is 1. The Morgan fingerprint density at radius 3 is 1.84 bits per heavy atom.